The van der Waals surface area contributed by atoms with Gasteiger partial charge in [-0.3, -0.25) is 15.3 Å². The van der Waals surface area contributed by atoms with Crippen LogP contribution >= 0.6 is 31.9 Å². The van der Waals surface area contributed by atoms with Crippen LogP contribution in [0.3, 0.4) is 0 Å². The van der Waals surface area contributed by atoms with E-state index in [1.807, 2.05) is 6.07 Å². The number of phenolic OH excluding ortho intramolecular Hbond substituents is 1. The van der Waals surface area contributed by atoms with E-state index in [2.05, 4.69) is 37.2 Å². The molecule has 0 aliphatic rings. The second-order valence-corrected chi connectivity index (χ2v) is 7.93. The number of carbonyl (C=O) groups is 2. The summed E-state index contributed by atoms with van der Waals surface area (Å²) in [6.45, 7) is 1.68. The van der Waals surface area contributed by atoms with E-state index in [9.17, 15) is 14.7 Å². The molecule has 0 aromatic heterocycles. The number of hydrogen-bond donors (Lipinski definition) is 4. The standard InChI is InChI=1S/C20H17Br2N3O5/c1-11(2-7-17(26)25-29)19(15-8-13(21)9-16(22)18(15)27)30-20(28)24-14-5-3-12(10-23)4-6-14/h2-9,11,19,27,29H,1H3,(H,24,28)(H,25,26)/b7-2+/t11-,19+/m0/s1. The van der Waals surface area contributed by atoms with Crippen LogP contribution in [-0.4, -0.2) is 22.3 Å². The summed E-state index contributed by atoms with van der Waals surface area (Å²) in [6, 6.07) is 11.4. The molecule has 30 heavy (non-hydrogen) atoms. The highest BCUT2D eigenvalue weighted by Crippen LogP contribution is 2.40. The number of hydrogen-bond acceptors (Lipinski definition) is 6. The van der Waals surface area contributed by atoms with Gasteiger partial charge in [0, 0.05) is 27.7 Å². The topological polar surface area (TPSA) is 132 Å². The predicted molar refractivity (Wildman–Crippen MR) is 116 cm³/mol. The van der Waals surface area contributed by atoms with E-state index >= 15 is 0 Å². The Morgan fingerprint density at radius 1 is 1.23 bits per heavy atom. The predicted octanol–water partition coefficient (Wildman–Crippen LogP) is 4.78. The number of carbonyl (C=O) groups excluding carboxylic acids is 2. The summed E-state index contributed by atoms with van der Waals surface area (Å²) in [5.41, 5.74) is 2.64. The third-order valence-electron chi connectivity index (χ3n) is 4.00. The van der Waals surface area contributed by atoms with Crippen LogP contribution in [0.1, 0.15) is 24.2 Å². The van der Waals surface area contributed by atoms with Crippen LogP contribution in [0.5, 0.6) is 5.75 Å². The Kier molecular flexibility index (Phi) is 8.41. The highest BCUT2D eigenvalue weighted by atomic mass is 79.9. The summed E-state index contributed by atoms with van der Waals surface area (Å²) >= 11 is 6.58. The zero-order chi connectivity index (χ0) is 22.3. The highest BCUT2D eigenvalue weighted by molar-refractivity contribution is 9.11. The molecule has 0 aliphatic heterocycles. The minimum Gasteiger partial charge on any atom is -0.506 e. The van der Waals surface area contributed by atoms with E-state index in [0.29, 0.717) is 25.8 Å². The smallest absolute Gasteiger partial charge is 0.412 e. The molecular formula is C20H17Br2N3O5. The number of rotatable bonds is 6. The Balaban J connectivity index is 2.30. The molecule has 0 fully saturated rings. The third-order valence-corrected chi connectivity index (χ3v) is 5.06. The van der Waals surface area contributed by atoms with Crippen LogP contribution in [0.4, 0.5) is 10.5 Å². The maximum atomic E-state index is 12.5. The Bertz CT molecular complexity index is 1000. The molecule has 4 N–H and O–H groups in total. The molecule has 0 aliphatic carbocycles. The van der Waals surface area contributed by atoms with E-state index in [4.69, 9.17) is 15.2 Å². The van der Waals surface area contributed by atoms with Crippen LogP contribution in [0.2, 0.25) is 0 Å². The number of nitrogens with zero attached hydrogens (tertiary/aromatic N) is 1. The van der Waals surface area contributed by atoms with Gasteiger partial charge < -0.3 is 9.84 Å². The molecular weight excluding hydrogens is 522 g/mol. The van der Waals surface area contributed by atoms with E-state index < -0.39 is 24.0 Å². The van der Waals surface area contributed by atoms with Crippen LogP contribution < -0.4 is 10.8 Å². The summed E-state index contributed by atoms with van der Waals surface area (Å²) in [5.74, 6) is -1.43. The number of hydroxylamine groups is 1. The SMILES string of the molecule is C[C@@H](/C=C/C(=O)NO)[C@@H](OC(=O)Nc1ccc(C#N)cc1)c1cc(Br)cc(Br)c1O. The Hall–Kier alpha value is -2.87. The van der Waals surface area contributed by atoms with E-state index in [-0.39, 0.29) is 5.75 Å². The maximum absolute atomic E-state index is 12.5. The average molecular weight is 539 g/mol. The molecule has 2 aromatic rings. The molecule has 2 rings (SSSR count). The number of anilines is 1. The summed E-state index contributed by atoms with van der Waals surface area (Å²) in [5, 5.41) is 30.5. The van der Waals surface area contributed by atoms with Gasteiger partial charge in [-0.15, -0.1) is 0 Å². The number of phenols is 1. The second-order valence-electron chi connectivity index (χ2n) is 6.16. The van der Waals surface area contributed by atoms with Gasteiger partial charge in [0.05, 0.1) is 16.1 Å². The van der Waals surface area contributed by atoms with E-state index in [1.165, 1.54) is 11.6 Å². The van der Waals surface area contributed by atoms with Crippen molar-refractivity contribution in [3.05, 3.63) is 68.6 Å². The second kappa shape index (κ2) is 10.8. The number of aromatic hydroxyl groups is 1. The fourth-order valence-corrected chi connectivity index (χ4v) is 3.78. The minimum atomic E-state index is -0.972. The first kappa shape index (κ1) is 23.4. The van der Waals surface area contributed by atoms with Gasteiger partial charge in [-0.2, -0.15) is 5.26 Å². The maximum Gasteiger partial charge on any atom is 0.412 e. The Morgan fingerprint density at radius 3 is 2.50 bits per heavy atom. The first-order chi connectivity index (χ1) is 14.2. The minimum absolute atomic E-state index is 0.124. The Morgan fingerprint density at radius 2 is 1.90 bits per heavy atom. The summed E-state index contributed by atoms with van der Waals surface area (Å²) in [6.07, 6.45) is 0.746. The molecule has 0 unspecified atom stereocenters. The average Bonchev–Trinajstić information content (AvgIpc) is 2.73. The summed E-state index contributed by atoms with van der Waals surface area (Å²) < 4.78 is 6.57. The Labute approximate surface area is 189 Å². The zero-order valence-corrected chi connectivity index (χ0v) is 18.8. The molecule has 0 heterocycles. The van der Waals surface area contributed by atoms with Crippen LogP contribution in [0, 0.1) is 17.2 Å². The first-order valence-corrected chi connectivity index (χ1v) is 10.1. The van der Waals surface area contributed by atoms with Crippen molar-refractivity contribution in [2.75, 3.05) is 5.32 Å². The molecule has 0 saturated heterocycles. The third kappa shape index (κ3) is 6.32. The molecule has 8 nitrogen and oxygen atoms in total. The van der Waals surface area contributed by atoms with Gasteiger partial charge in [0.2, 0.25) is 0 Å². The van der Waals surface area contributed by atoms with Crippen molar-refractivity contribution in [2.45, 2.75) is 13.0 Å². The fraction of sp³-hybridized carbons (Fsp3) is 0.150. The van der Waals surface area contributed by atoms with Crippen LogP contribution in [-0.2, 0) is 9.53 Å². The highest BCUT2D eigenvalue weighted by Gasteiger charge is 2.27. The van der Waals surface area contributed by atoms with Crippen molar-refractivity contribution >= 4 is 49.5 Å². The van der Waals surface area contributed by atoms with Gasteiger partial charge in [0.15, 0.2) is 0 Å². The molecule has 0 spiro atoms. The van der Waals surface area contributed by atoms with Gasteiger partial charge in [-0.05, 0) is 52.3 Å². The molecule has 10 heteroatoms. The normalized spacial score (nSPS) is 12.6. The monoisotopic (exact) mass is 537 g/mol. The lowest BCUT2D eigenvalue weighted by Crippen LogP contribution is -2.22. The van der Waals surface area contributed by atoms with Crippen LogP contribution in [0.15, 0.2) is 57.5 Å². The molecule has 2 atom stereocenters. The van der Waals surface area contributed by atoms with Gasteiger partial charge >= 0.3 is 6.09 Å². The molecule has 0 bridgehead atoms. The first-order valence-electron chi connectivity index (χ1n) is 8.53. The van der Waals surface area contributed by atoms with Crippen molar-refractivity contribution < 1.29 is 24.6 Å². The lowest BCUT2D eigenvalue weighted by atomic mass is 9.96. The number of amides is 2. The number of halogens is 2. The quantitative estimate of drug-likeness (QED) is 0.238. The zero-order valence-electron chi connectivity index (χ0n) is 15.6. The molecule has 156 valence electrons. The summed E-state index contributed by atoms with van der Waals surface area (Å²) in [7, 11) is 0. The fourth-order valence-electron chi connectivity index (χ4n) is 2.52. The largest absolute Gasteiger partial charge is 0.506 e. The number of benzene rings is 2. The van der Waals surface area contributed by atoms with Crippen molar-refractivity contribution in [3.8, 4) is 11.8 Å². The van der Waals surface area contributed by atoms with Crippen molar-refractivity contribution in [1.82, 2.24) is 5.48 Å². The van der Waals surface area contributed by atoms with Gasteiger partial charge in [0.25, 0.3) is 5.91 Å². The molecule has 0 saturated carbocycles. The molecule has 2 aromatic carbocycles. The van der Waals surface area contributed by atoms with Crippen molar-refractivity contribution in [1.29, 1.82) is 5.26 Å². The van der Waals surface area contributed by atoms with Crippen molar-refractivity contribution in [3.63, 3.8) is 0 Å². The molecule has 2 amide bonds. The lowest BCUT2D eigenvalue weighted by Gasteiger charge is -2.24. The van der Waals surface area contributed by atoms with Crippen LogP contribution in [0.25, 0.3) is 0 Å². The lowest BCUT2D eigenvalue weighted by molar-refractivity contribution is -0.124. The van der Waals surface area contributed by atoms with Gasteiger partial charge in [0.1, 0.15) is 11.9 Å². The van der Waals surface area contributed by atoms with E-state index in [1.54, 1.807) is 43.3 Å². The summed E-state index contributed by atoms with van der Waals surface area (Å²) in [4.78, 5) is 23.8. The number of nitrogens with one attached hydrogen (secondary N) is 2. The number of nitriles is 1. The number of ether oxygens (including phenoxy) is 1. The van der Waals surface area contributed by atoms with Crippen molar-refractivity contribution in [2.24, 2.45) is 5.92 Å². The van der Waals surface area contributed by atoms with Gasteiger partial charge in [-0.1, -0.05) is 28.9 Å². The molecule has 0 radical (unpaired) electrons. The van der Waals surface area contributed by atoms with Gasteiger partial charge in [-0.25, -0.2) is 10.3 Å². The van der Waals surface area contributed by atoms with E-state index in [0.717, 1.165) is 6.08 Å².